The van der Waals surface area contributed by atoms with Gasteiger partial charge in [0.05, 0.1) is 25.4 Å². The molecular formula is C21H36O11. The number of hydrogen-bond donors (Lipinski definition) is 7. The van der Waals surface area contributed by atoms with Gasteiger partial charge < -0.3 is 54.7 Å². The van der Waals surface area contributed by atoms with E-state index in [2.05, 4.69) is 6.58 Å². The van der Waals surface area contributed by atoms with Crippen LogP contribution in [0.2, 0.25) is 0 Å². The van der Waals surface area contributed by atoms with E-state index in [0.717, 1.165) is 5.57 Å². The lowest BCUT2D eigenvalue weighted by Crippen LogP contribution is -2.60. The summed E-state index contributed by atoms with van der Waals surface area (Å²) in [5.41, 5.74) is -0.169. The molecule has 32 heavy (non-hydrogen) atoms. The Kier molecular flexibility index (Phi) is 10.2. The fourth-order valence-corrected chi connectivity index (χ4v) is 3.29. The van der Waals surface area contributed by atoms with Crippen LogP contribution in [0.25, 0.3) is 0 Å². The summed E-state index contributed by atoms with van der Waals surface area (Å²) < 4.78 is 21.6. The second-order valence-corrected chi connectivity index (χ2v) is 8.56. The predicted octanol–water partition coefficient (Wildman–Crippen LogP) is -2.07. The molecule has 0 aromatic rings. The molecule has 0 saturated carbocycles. The van der Waals surface area contributed by atoms with Gasteiger partial charge in [0.25, 0.3) is 0 Å². The van der Waals surface area contributed by atoms with Crippen molar-refractivity contribution in [1.82, 2.24) is 0 Å². The van der Waals surface area contributed by atoms with Crippen LogP contribution < -0.4 is 0 Å². The molecule has 2 aliphatic heterocycles. The van der Waals surface area contributed by atoms with Crippen molar-refractivity contribution in [3.05, 3.63) is 24.3 Å². The molecule has 11 nitrogen and oxygen atoms in total. The molecule has 2 saturated heterocycles. The van der Waals surface area contributed by atoms with Gasteiger partial charge in [0.1, 0.15) is 42.7 Å². The number of aliphatic hydroxyl groups excluding tert-OH is 6. The van der Waals surface area contributed by atoms with Gasteiger partial charge in [-0.3, -0.25) is 0 Å². The van der Waals surface area contributed by atoms with Gasteiger partial charge in [0, 0.05) is 0 Å². The molecule has 0 bridgehead atoms. The summed E-state index contributed by atoms with van der Waals surface area (Å²) in [6, 6.07) is 0. The average molecular weight is 465 g/mol. The van der Waals surface area contributed by atoms with Gasteiger partial charge in [-0.1, -0.05) is 17.7 Å². The Morgan fingerprint density at radius 1 is 1.00 bits per heavy atom. The molecule has 0 radical (unpaired) electrons. The lowest BCUT2D eigenvalue weighted by atomic mass is 9.99. The number of rotatable bonds is 10. The van der Waals surface area contributed by atoms with Crippen LogP contribution in [0.3, 0.4) is 0 Å². The Morgan fingerprint density at radius 2 is 1.66 bits per heavy atom. The standard InChI is InChI=1S/C21H36O11/c1-4-21(3,28)7-5-6-11(2)8-29-20-18(27)16(25)15(24)13(32-20)10-31-19-17(26)14(23)12(22)9-30-19/h4,6,12-20,22-28H,1,5,7-10H2,2-3H3/b11-6+/t12-,13+,14-,15+,16-,17+,18+,19-,20+,21-/m0/s1. The Bertz CT molecular complexity index is 625. The zero-order valence-corrected chi connectivity index (χ0v) is 18.4. The fourth-order valence-electron chi connectivity index (χ4n) is 3.29. The molecule has 2 fully saturated rings. The van der Waals surface area contributed by atoms with Gasteiger partial charge >= 0.3 is 0 Å². The van der Waals surface area contributed by atoms with Gasteiger partial charge in [0.2, 0.25) is 0 Å². The van der Waals surface area contributed by atoms with Crippen LogP contribution in [0.4, 0.5) is 0 Å². The van der Waals surface area contributed by atoms with Crippen molar-refractivity contribution in [2.24, 2.45) is 0 Å². The van der Waals surface area contributed by atoms with Crippen LogP contribution in [0, 0.1) is 0 Å². The van der Waals surface area contributed by atoms with Crippen molar-refractivity contribution in [3.63, 3.8) is 0 Å². The highest BCUT2D eigenvalue weighted by Gasteiger charge is 2.45. The molecule has 0 aromatic heterocycles. The van der Waals surface area contributed by atoms with E-state index >= 15 is 0 Å². The minimum Gasteiger partial charge on any atom is -0.388 e. The molecule has 2 aliphatic rings. The first-order valence-corrected chi connectivity index (χ1v) is 10.6. The minimum atomic E-state index is -1.57. The zero-order chi connectivity index (χ0) is 24.1. The van der Waals surface area contributed by atoms with Crippen LogP contribution in [0.5, 0.6) is 0 Å². The molecule has 2 rings (SSSR count). The predicted molar refractivity (Wildman–Crippen MR) is 110 cm³/mol. The molecule has 0 aromatic carbocycles. The van der Waals surface area contributed by atoms with Crippen LogP contribution in [0.15, 0.2) is 24.3 Å². The maximum atomic E-state index is 10.2. The molecule has 186 valence electrons. The lowest BCUT2D eigenvalue weighted by Gasteiger charge is -2.41. The molecule has 0 spiro atoms. The molecule has 2 heterocycles. The summed E-state index contributed by atoms with van der Waals surface area (Å²) in [6.07, 6.45) is -8.09. The number of hydrogen-bond acceptors (Lipinski definition) is 11. The topological polar surface area (TPSA) is 179 Å². The third-order valence-electron chi connectivity index (χ3n) is 5.61. The summed E-state index contributed by atoms with van der Waals surface area (Å²) in [5.74, 6) is 0. The van der Waals surface area contributed by atoms with Crippen molar-refractivity contribution in [1.29, 1.82) is 0 Å². The number of ether oxygens (including phenoxy) is 4. The largest absolute Gasteiger partial charge is 0.388 e. The highest BCUT2D eigenvalue weighted by atomic mass is 16.7. The normalized spacial score (nSPS) is 40.7. The lowest BCUT2D eigenvalue weighted by molar-refractivity contribution is -0.319. The van der Waals surface area contributed by atoms with Crippen LogP contribution in [-0.2, 0) is 18.9 Å². The summed E-state index contributed by atoms with van der Waals surface area (Å²) in [5, 5.41) is 69.6. The van der Waals surface area contributed by atoms with E-state index in [9.17, 15) is 35.7 Å². The van der Waals surface area contributed by atoms with Gasteiger partial charge in [0.15, 0.2) is 12.6 Å². The zero-order valence-electron chi connectivity index (χ0n) is 18.4. The van der Waals surface area contributed by atoms with Crippen molar-refractivity contribution in [3.8, 4) is 0 Å². The van der Waals surface area contributed by atoms with E-state index in [1.54, 1.807) is 13.8 Å². The first-order valence-electron chi connectivity index (χ1n) is 10.6. The van der Waals surface area contributed by atoms with Crippen molar-refractivity contribution in [2.75, 3.05) is 19.8 Å². The van der Waals surface area contributed by atoms with E-state index in [-0.39, 0.29) is 19.8 Å². The fraction of sp³-hybridized carbons (Fsp3) is 0.810. The monoisotopic (exact) mass is 464 g/mol. The first-order chi connectivity index (χ1) is 15.0. The highest BCUT2D eigenvalue weighted by Crippen LogP contribution is 2.25. The molecular weight excluding hydrogens is 428 g/mol. The Balaban J connectivity index is 1.87. The first kappa shape index (κ1) is 27.3. The molecule has 0 unspecified atom stereocenters. The van der Waals surface area contributed by atoms with E-state index in [0.29, 0.717) is 12.8 Å². The van der Waals surface area contributed by atoms with Crippen molar-refractivity contribution >= 4 is 0 Å². The second kappa shape index (κ2) is 12.0. The Hall–Kier alpha value is -0.960. The number of aliphatic hydroxyl groups is 7. The van der Waals surface area contributed by atoms with E-state index < -0.39 is 60.9 Å². The molecule has 7 N–H and O–H groups in total. The second-order valence-electron chi connectivity index (χ2n) is 8.56. The van der Waals surface area contributed by atoms with E-state index in [1.165, 1.54) is 6.08 Å². The number of allylic oxidation sites excluding steroid dienone is 1. The summed E-state index contributed by atoms with van der Waals surface area (Å²) in [7, 11) is 0. The Morgan fingerprint density at radius 3 is 2.31 bits per heavy atom. The quantitative estimate of drug-likeness (QED) is 0.177. The summed E-state index contributed by atoms with van der Waals surface area (Å²) in [4.78, 5) is 0. The van der Waals surface area contributed by atoms with Gasteiger partial charge in [-0.2, -0.15) is 0 Å². The van der Waals surface area contributed by atoms with Gasteiger partial charge in [-0.25, -0.2) is 0 Å². The highest BCUT2D eigenvalue weighted by molar-refractivity contribution is 5.01. The smallest absolute Gasteiger partial charge is 0.187 e. The SMILES string of the molecule is C=C[C@](C)(O)CC/C=C(\C)CO[C@@H]1O[C@H](CO[C@@H]2OC[C@H](O)[C@H](O)[C@H]2O)[C@@H](O)[C@H](O)[C@H]1O. The summed E-state index contributed by atoms with van der Waals surface area (Å²) in [6.45, 7) is 6.50. The van der Waals surface area contributed by atoms with Crippen molar-refractivity contribution < 1.29 is 54.7 Å². The average Bonchev–Trinajstić information content (AvgIpc) is 2.75. The molecule has 11 heteroatoms. The summed E-state index contributed by atoms with van der Waals surface area (Å²) >= 11 is 0. The van der Waals surface area contributed by atoms with Crippen molar-refractivity contribution in [2.45, 2.75) is 87.6 Å². The van der Waals surface area contributed by atoms with E-state index in [4.69, 9.17) is 18.9 Å². The maximum Gasteiger partial charge on any atom is 0.187 e. The Labute approximate surface area is 187 Å². The van der Waals surface area contributed by atoms with Crippen LogP contribution >= 0.6 is 0 Å². The maximum absolute atomic E-state index is 10.2. The third-order valence-corrected chi connectivity index (χ3v) is 5.61. The van der Waals surface area contributed by atoms with Gasteiger partial charge in [-0.05, 0) is 26.7 Å². The van der Waals surface area contributed by atoms with Crippen LogP contribution in [0.1, 0.15) is 26.7 Å². The third kappa shape index (κ3) is 7.27. The minimum absolute atomic E-state index is 0.0723. The van der Waals surface area contributed by atoms with E-state index in [1.807, 2.05) is 6.08 Å². The molecule has 0 amide bonds. The molecule has 10 atom stereocenters. The van der Waals surface area contributed by atoms with Crippen LogP contribution in [-0.4, -0.2) is 116 Å². The molecule has 0 aliphatic carbocycles. The van der Waals surface area contributed by atoms with Gasteiger partial charge in [-0.15, -0.1) is 6.58 Å².